The lowest BCUT2D eigenvalue weighted by molar-refractivity contribution is 0.0144. The average Bonchev–Trinajstić information content (AvgIpc) is 2.17. The normalized spacial score (nSPS) is 48.0. The van der Waals surface area contributed by atoms with Gasteiger partial charge in [-0.15, -0.1) is 0 Å². The summed E-state index contributed by atoms with van der Waals surface area (Å²) in [6, 6.07) is 0. The van der Waals surface area contributed by atoms with Crippen molar-refractivity contribution in [2.75, 3.05) is 0 Å². The van der Waals surface area contributed by atoms with E-state index < -0.39 is 18.4 Å². The maximum absolute atomic E-state index is 12.8. The van der Waals surface area contributed by atoms with Crippen molar-refractivity contribution in [2.24, 2.45) is 0 Å². The van der Waals surface area contributed by atoms with Gasteiger partial charge in [-0.05, 0) is 13.3 Å². The molecule has 0 aromatic carbocycles. The van der Waals surface area contributed by atoms with Gasteiger partial charge in [0.2, 0.25) is 0 Å². The summed E-state index contributed by atoms with van der Waals surface area (Å²) >= 11 is 0. The third kappa shape index (κ3) is 1.16. The highest BCUT2D eigenvalue weighted by atomic mass is 19.1. The highest BCUT2D eigenvalue weighted by Gasteiger charge is 2.40. The molecule has 4 atom stereocenters. The van der Waals surface area contributed by atoms with Crippen LogP contribution in [0.4, 0.5) is 4.39 Å². The maximum Gasteiger partial charge on any atom is 0.154 e. The van der Waals surface area contributed by atoms with E-state index in [1.54, 1.807) is 6.92 Å². The van der Waals surface area contributed by atoms with E-state index in [0.717, 1.165) is 0 Å². The first-order valence-electron chi connectivity index (χ1n) is 3.64. The maximum atomic E-state index is 12.8. The zero-order valence-electron chi connectivity index (χ0n) is 6.25. The quantitative estimate of drug-likeness (QED) is 0.598. The van der Waals surface area contributed by atoms with E-state index in [9.17, 15) is 4.39 Å². The molecule has 1 N–H and O–H groups in total. The Bertz CT molecular complexity index is 118. The van der Waals surface area contributed by atoms with Gasteiger partial charge in [0.25, 0.3) is 0 Å². The fraction of sp³-hybridized carbons (Fsp3) is 1.00. The van der Waals surface area contributed by atoms with Crippen LogP contribution in [0.5, 0.6) is 0 Å². The Kier molecular flexibility index (Phi) is 2.26. The first kappa shape index (κ1) is 7.95. The van der Waals surface area contributed by atoms with Gasteiger partial charge in [0.1, 0.15) is 6.10 Å². The van der Waals surface area contributed by atoms with E-state index in [1.165, 1.54) is 0 Å². The summed E-state index contributed by atoms with van der Waals surface area (Å²) in [5.41, 5.74) is 0. The lowest BCUT2D eigenvalue weighted by atomic mass is 10.1. The highest BCUT2D eigenvalue weighted by Crippen LogP contribution is 2.25. The Morgan fingerprint density at radius 3 is 2.40 bits per heavy atom. The molecule has 1 rings (SSSR count). The van der Waals surface area contributed by atoms with Crippen LogP contribution in [-0.4, -0.2) is 29.6 Å². The lowest BCUT2D eigenvalue weighted by Crippen LogP contribution is -2.27. The van der Waals surface area contributed by atoms with Crippen molar-refractivity contribution in [1.82, 2.24) is 0 Å². The Balaban J connectivity index is 2.53. The van der Waals surface area contributed by atoms with Crippen molar-refractivity contribution in [3.63, 3.8) is 0 Å². The van der Waals surface area contributed by atoms with Crippen molar-refractivity contribution in [2.45, 2.75) is 44.8 Å². The smallest absolute Gasteiger partial charge is 0.154 e. The minimum Gasteiger partial charge on any atom is -0.387 e. The molecule has 1 aliphatic rings. The molecule has 0 saturated carbocycles. The topological polar surface area (TPSA) is 29.5 Å². The molecule has 2 unspecified atom stereocenters. The van der Waals surface area contributed by atoms with Crippen LogP contribution in [0, 0.1) is 0 Å². The van der Waals surface area contributed by atoms with Gasteiger partial charge in [-0.25, -0.2) is 4.39 Å². The summed E-state index contributed by atoms with van der Waals surface area (Å²) in [5.74, 6) is 0. The zero-order chi connectivity index (χ0) is 7.72. The summed E-state index contributed by atoms with van der Waals surface area (Å²) in [6.07, 6.45) is -2.19. The van der Waals surface area contributed by atoms with Gasteiger partial charge in [-0.2, -0.15) is 0 Å². The van der Waals surface area contributed by atoms with Gasteiger partial charge in [-0.3, -0.25) is 0 Å². The molecule has 0 amide bonds. The predicted octanol–water partition coefficient (Wildman–Crippen LogP) is 0.883. The molecule has 1 fully saturated rings. The second kappa shape index (κ2) is 2.84. The average molecular weight is 148 g/mol. The molecule has 3 heteroatoms. The van der Waals surface area contributed by atoms with E-state index in [4.69, 9.17) is 9.84 Å². The van der Waals surface area contributed by atoms with Gasteiger partial charge in [0.05, 0.1) is 12.2 Å². The molecule has 60 valence electrons. The SMILES string of the molecule is CC[C@@H]1O[C@@H](C)C(F)C1O. The Morgan fingerprint density at radius 2 is 2.20 bits per heavy atom. The highest BCUT2D eigenvalue weighted by molar-refractivity contribution is 4.87. The first-order valence-corrected chi connectivity index (χ1v) is 3.64. The standard InChI is InChI=1S/C7H13FO2/c1-3-5-7(9)6(8)4(2)10-5/h4-7,9H,3H2,1-2H3/t4-,5-,6?,7?/m0/s1. The number of alkyl halides is 1. The summed E-state index contributed by atoms with van der Waals surface area (Å²) < 4.78 is 17.9. The fourth-order valence-corrected chi connectivity index (χ4v) is 1.25. The monoisotopic (exact) mass is 148 g/mol. The van der Waals surface area contributed by atoms with Crippen LogP contribution in [0.2, 0.25) is 0 Å². The Hall–Kier alpha value is -0.150. The molecule has 10 heavy (non-hydrogen) atoms. The number of aliphatic hydroxyl groups excluding tert-OH is 1. The molecule has 0 spiro atoms. The molecular weight excluding hydrogens is 135 g/mol. The Labute approximate surface area is 60.0 Å². The van der Waals surface area contributed by atoms with E-state index in [1.807, 2.05) is 6.92 Å². The van der Waals surface area contributed by atoms with Crippen LogP contribution in [0.1, 0.15) is 20.3 Å². The van der Waals surface area contributed by atoms with Crippen molar-refractivity contribution in [3.8, 4) is 0 Å². The van der Waals surface area contributed by atoms with E-state index in [2.05, 4.69) is 0 Å². The van der Waals surface area contributed by atoms with Crippen molar-refractivity contribution < 1.29 is 14.2 Å². The number of rotatable bonds is 1. The van der Waals surface area contributed by atoms with Gasteiger partial charge >= 0.3 is 0 Å². The second-order valence-electron chi connectivity index (χ2n) is 2.72. The summed E-state index contributed by atoms with van der Waals surface area (Å²) in [4.78, 5) is 0. The molecule has 0 radical (unpaired) electrons. The van der Waals surface area contributed by atoms with Gasteiger partial charge in [-0.1, -0.05) is 6.92 Å². The molecule has 0 aliphatic carbocycles. The number of halogens is 1. The number of aliphatic hydroxyl groups is 1. The van der Waals surface area contributed by atoms with Gasteiger partial charge in [0, 0.05) is 0 Å². The van der Waals surface area contributed by atoms with Crippen LogP contribution in [0.3, 0.4) is 0 Å². The minimum absolute atomic E-state index is 0.301. The Morgan fingerprint density at radius 1 is 1.60 bits per heavy atom. The van der Waals surface area contributed by atoms with Gasteiger partial charge in [0.15, 0.2) is 6.17 Å². The summed E-state index contributed by atoms with van der Waals surface area (Å²) in [7, 11) is 0. The largest absolute Gasteiger partial charge is 0.387 e. The van der Waals surface area contributed by atoms with Crippen LogP contribution in [0.25, 0.3) is 0 Å². The minimum atomic E-state index is -1.20. The second-order valence-corrected chi connectivity index (χ2v) is 2.72. The van der Waals surface area contributed by atoms with Crippen molar-refractivity contribution >= 4 is 0 Å². The molecule has 1 saturated heterocycles. The van der Waals surface area contributed by atoms with E-state index in [-0.39, 0.29) is 6.10 Å². The van der Waals surface area contributed by atoms with Crippen LogP contribution in [0.15, 0.2) is 0 Å². The third-order valence-corrected chi connectivity index (χ3v) is 1.95. The number of ether oxygens (including phenoxy) is 1. The number of hydrogen-bond donors (Lipinski definition) is 1. The summed E-state index contributed by atoms with van der Waals surface area (Å²) in [5, 5.41) is 9.13. The first-order chi connectivity index (χ1) is 4.66. The summed E-state index contributed by atoms with van der Waals surface area (Å²) in [6.45, 7) is 3.52. The third-order valence-electron chi connectivity index (χ3n) is 1.95. The van der Waals surface area contributed by atoms with Crippen molar-refractivity contribution in [1.29, 1.82) is 0 Å². The van der Waals surface area contributed by atoms with Crippen molar-refractivity contribution in [3.05, 3.63) is 0 Å². The molecule has 1 heterocycles. The molecule has 0 aromatic rings. The van der Waals surface area contributed by atoms with E-state index in [0.29, 0.717) is 6.42 Å². The zero-order valence-corrected chi connectivity index (χ0v) is 6.25. The molecule has 2 nitrogen and oxygen atoms in total. The molecular formula is C7H13FO2. The molecule has 0 bridgehead atoms. The van der Waals surface area contributed by atoms with Crippen LogP contribution in [-0.2, 0) is 4.74 Å². The number of hydrogen-bond acceptors (Lipinski definition) is 2. The van der Waals surface area contributed by atoms with Crippen LogP contribution >= 0.6 is 0 Å². The lowest BCUT2D eigenvalue weighted by Gasteiger charge is -2.09. The predicted molar refractivity (Wildman–Crippen MR) is 35.5 cm³/mol. The fourth-order valence-electron chi connectivity index (χ4n) is 1.25. The van der Waals surface area contributed by atoms with Crippen LogP contribution < -0.4 is 0 Å². The van der Waals surface area contributed by atoms with Gasteiger partial charge < -0.3 is 9.84 Å². The van der Waals surface area contributed by atoms with E-state index >= 15 is 0 Å². The molecule has 1 aliphatic heterocycles. The molecule has 0 aromatic heterocycles.